The molecular weight excluding hydrogens is 276 g/mol. The van der Waals surface area contributed by atoms with Gasteiger partial charge in [0.1, 0.15) is 22.5 Å². The van der Waals surface area contributed by atoms with Crippen LogP contribution in [0.2, 0.25) is 0 Å². The maximum Gasteiger partial charge on any atom is 0.145 e. The number of aromatic nitrogens is 3. The number of anilines is 1. The molecule has 5 nitrogen and oxygen atoms in total. The quantitative estimate of drug-likeness (QED) is 0.802. The van der Waals surface area contributed by atoms with Crippen molar-refractivity contribution in [1.29, 1.82) is 0 Å². The van der Waals surface area contributed by atoms with Crippen molar-refractivity contribution in [2.45, 2.75) is 20.8 Å². The van der Waals surface area contributed by atoms with Crippen LogP contribution >= 0.6 is 0 Å². The van der Waals surface area contributed by atoms with E-state index in [0.717, 1.165) is 35.4 Å². The largest absolute Gasteiger partial charge is 0.506 e. The fraction of sp³-hybridized carbons (Fsp3) is 0.294. The van der Waals surface area contributed by atoms with Crippen LogP contribution < -0.4 is 4.90 Å². The molecule has 0 amide bonds. The molecule has 0 fully saturated rings. The highest BCUT2D eigenvalue weighted by atomic mass is 16.3. The second kappa shape index (κ2) is 5.67. The number of aryl methyl sites for hydroxylation is 1. The summed E-state index contributed by atoms with van der Waals surface area (Å²) in [6.45, 7) is 8.02. The highest BCUT2D eigenvalue weighted by Crippen LogP contribution is 2.27. The smallest absolute Gasteiger partial charge is 0.145 e. The molecule has 0 spiro atoms. The third-order valence-corrected chi connectivity index (χ3v) is 3.84. The summed E-state index contributed by atoms with van der Waals surface area (Å²) in [5.74, 6) is 0.182. The van der Waals surface area contributed by atoms with E-state index in [1.165, 1.54) is 4.80 Å². The van der Waals surface area contributed by atoms with E-state index in [-0.39, 0.29) is 5.75 Å². The Morgan fingerprint density at radius 2 is 1.73 bits per heavy atom. The zero-order valence-electron chi connectivity index (χ0n) is 13.1. The molecule has 0 radical (unpaired) electrons. The summed E-state index contributed by atoms with van der Waals surface area (Å²) < 4.78 is 0. The van der Waals surface area contributed by atoms with Gasteiger partial charge >= 0.3 is 0 Å². The highest BCUT2D eigenvalue weighted by Gasteiger charge is 2.11. The summed E-state index contributed by atoms with van der Waals surface area (Å²) in [5.41, 5.74) is 4.37. The molecule has 3 rings (SSSR count). The SMILES string of the molecule is CCN(CC)c1ccc(-n2nc3ccc(C)cc3n2)c(O)c1. The standard InChI is InChI=1S/C17H20N4O/c1-4-20(5-2)13-7-9-16(17(22)11-13)21-18-14-8-6-12(3)10-15(14)19-21/h6-11,22H,4-5H2,1-3H3. The number of phenolic OH excluding ortho intramolecular Hbond substituents is 1. The van der Waals surface area contributed by atoms with Gasteiger partial charge in [-0.2, -0.15) is 0 Å². The van der Waals surface area contributed by atoms with Crippen molar-refractivity contribution in [2.24, 2.45) is 0 Å². The molecule has 0 atom stereocenters. The molecule has 0 bridgehead atoms. The van der Waals surface area contributed by atoms with E-state index in [4.69, 9.17) is 0 Å². The number of benzene rings is 2. The molecule has 1 aromatic heterocycles. The number of rotatable bonds is 4. The minimum absolute atomic E-state index is 0.182. The second-order valence-corrected chi connectivity index (χ2v) is 5.33. The number of phenols is 1. The lowest BCUT2D eigenvalue weighted by molar-refractivity contribution is 0.467. The fourth-order valence-electron chi connectivity index (χ4n) is 2.60. The Bertz CT molecular complexity index is 806. The van der Waals surface area contributed by atoms with Crippen molar-refractivity contribution < 1.29 is 5.11 Å². The Morgan fingerprint density at radius 3 is 2.41 bits per heavy atom. The van der Waals surface area contributed by atoms with E-state index >= 15 is 0 Å². The lowest BCUT2D eigenvalue weighted by Gasteiger charge is -2.21. The number of fused-ring (bicyclic) bond motifs is 1. The van der Waals surface area contributed by atoms with Crippen LogP contribution in [0.25, 0.3) is 16.7 Å². The number of hydrogen-bond acceptors (Lipinski definition) is 4. The number of aromatic hydroxyl groups is 1. The summed E-state index contributed by atoms with van der Waals surface area (Å²) >= 11 is 0. The molecule has 22 heavy (non-hydrogen) atoms. The average Bonchev–Trinajstić information content (AvgIpc) is 2.91. The molecule has 2 aromatic carbocycles. The summed E-state index contributed by atoms with van der Waals surface area (Å²) in [6.07, 6.45) is 0. The predicted molar refractivity (Wildman–Crippen MR) is 88.8 cm³/mol. The summed E-state index contributed by atoms with van der Waals surface area (Å²) in [6, 6.07) is 11.5. The lowest BCUT2D eigenvalue weighted by atomic mass is 10.2. The Morgan fingerprint density at radius 1 is 1.00 bits per heavy atom. The normalized spacial score (nSPS) is 11.0. The van der Waals surface area contributed by atoms with Crippen LogP contribution in [0.1, 0.15) is 19.4 Å². The van der Waals surface area contributed by atoms with Gasteiger partial charge < -0.3 is 10.0 Å². The molecule has 0 saturated heterocycles. The maximum atomic E-state index is 10.3. The van der Waals surface area contributed by atoms with Gasteiger partial charge in [-0.25, -0.2) is 0 Å². The first-order valence-corrected chi connectivity index (χ1v) is 7.54. The summed E-state index contributed by atoms with van der Waals surface area (Å²) in [5, 5.41) is 19.2. The van der Waals surface area contributed by atoms with Crippen LogP contribution in [0.5, 0.6) is 5.75 Å². The van der Waals surface area contributed by atoms with Gasteiger partial charge in [-0.3, -0.25) is 0 Å². The Balaban J connectivity index is 2.03. The zero-order valence-corrected chi connectivity index (χ0v) is 13.1. The predicted octanol–water partition coefficient (Wildman–Crippen LogP) is 3.28. The molecule has 0 aliphatic rings. The van der Waals surface area contributed by atoms with Crippen LogP contribution in [-0.2, 0) is 0 Å². The van der Waals surface area contributed by atoms with Gasteiger partial charge in [0.05, 0.1) is 0 Å². The first-order chi connectivity index (χ1) is 10.6. The van der Waals surface area contributed by atoms with Crippen molar-refractivity contribution in [3.63, 3.8) is 0 Å². The minimum atomic E-state index is 0.182. The van der Waals surface area contributed by atoms with Crippen molar-refractivity contribution in [1.82, 2.24) is 15.0 Å². The summed E-state index contributed by atoms with van der Waals surface area (Å²) in [4.78, 5) is 3.67. The molecule has 0 aliphatic carbocycles. The van der Waals surface area contributed by atoms with Crippen LogP contribution in [0, 0.1) is 6.92 Å². The third kappa shape index (κ3) is 2.50. The molecule has 114 valence electrons. The first kappa shape index (κ1) is 14.4. The molecule has 1 N–H and O–H groups in total. The summed E-state index contributed by atoms with van der Waals surface area (Å²) in [7, 11) is 0. The van der Waals surface area contributed by atoms with Crippen molar-refractivity contribution in [3.05, 3.63) is 42.0 Å². The average molecular weight is 296 g/mol. The van der Waals surface area contributed by atoms with Gasteiger partial charge in [-0.05, 0) is 50.6 Å². The van der Waals surface area contributed by atoms with Gasteiger partial charge in [-0.1, -0.05) is 6.07 Å². The topological polar surface area (TPSA) is 54.2 Å². The van der Waals surface area contributed by atoms with Gasteiger partial charge in [-0.15, -0.1) is 15.0 Å². The van der Waals surface area contributed by atoms with Gasteiger partial charge in [0.2, 0.25) is 0 Å². The van der Waals surface area contributed by atoms with Crippen LogP contribution in [0.4, 0.5) is 5.69 Å². The van der Waals surface area contributed by atoms with Gasteiger partial charge in [0, 0.05) is 24.8 Å². The first-order valence-electron chi connectivity index (χ1n) is 7.54. The van der Waals surface area contributed by atoms with Crippen molar-refractivity contribution >= 4 is 16.7 Å². The molecule has 5 heteroatoms. The fourth-order valence-corrected chi connectivity index (χ4v) is 2.60. The lowest BCUT2D eigenvalue weighted by Crippen LogP contribution is -2.21. The second-order valence-electron chi connectivity index (χ2n) is 5.33. The van der Waals surface area contributed by atoms with Gasteiger partial charge in [0.15, 0.2) is 0 Å². The zero-order chi connectivity index (χ0) is 15.7. The third-order valence-electron chi connectivity index (χ3n) is 3.84. The maximum absolute atomic E-state index is 10.3. The minimum Gasteiger partial charge on any atom is -0.506 e. The Kier molecular flexibility index (Phi) is 3.71. The van der Waals surface area contributed by atoms with Gasteiger partial charge in [0.25, 0.3) is 0 Å². The van der Waals surface area contributed by atoms with Crippen molar-refractivity contribution in [3.8, 4) is 11.4 Å². The van der Waals surface area contributed by atoms with E-state index in [1.807, 2.05) is 37.3 Å². The van der Waals surface area contributed by atoms with Crippen LogP contribution in [0.15, 0.2) is 36.4 Å². The Labute approximate surface area is 129 Å². The molecular formula is C17H20N4O. The molecule has 3 aromatic rings. The monoisotopic (exact) mass is 296 g/mol. The van der Waals surface area contributed by atoms with Crippen LogP contribution in [-0.4, -0.2) is 33.2 Å². The van der Waals surface area contributed by atoms with E-state index in [9.17, 15) is 5.11 Å². The van der Waals surface area contributed by atoms with E-state index in [1.54, 1.807) is 6.07 Å². The number of hydrogen-bond donors (Lipinski definition) is 1. The Hall–Kier alpha value is -2.56. The van der Waals surface area contributed by atoms with Crippen LogP contribution in [0.3, 0.4) is 0 Å². The van der Waals surface area contributed by atoms with E-state index in [2.05, 4.69) is 28.9 Å². The van der Waals surface area contributed by atoms with Crippen molar-refractivity contribution in [2.75, 3.05) is 18.0 Å². The molecule has 0 unspecified atom stereocenters. The highest BCUT2D eigenvalue weighted by molar-refractivity contribution is 5.75. The molecule has 0 aliphatic heterocycles. The number of nitrogens with zero attached hydrogens (tertiary/aromatic N) is 4. The van der Waals surface area contributed by atoms with E-state index in [0.29, 0.717) is 5.69 Å². The molecule has 0 saturated carbocycles. The molecule has 1 heterocycles. The van der Waals surface area contributed by atoms with E-state index < -0.39 is 0 Å².